The maximum Gasteiger partial charge on any atom is 0.271 e. The smallest absolute Gasteiger partial charge is 0.271 e. The van der Waals surface area contributed by atoms with Crippen LogP contribution in [0.1, 0.15) is 26.7 Å². The van der Waals surface area contributed by atoms with E-state index in [9.17, 15) is 18.5 Å². The van der Waals surface area contributed by atoms with Crippen molar-refractivity contribution in [3.8, 4) is 0 Å². The van der Waals surface area contributed by atoms with Crippen molar-refractivity contribution in [3.05, 3.63) is 28.3 Å². The van der Waals surface area contributed by atoms with Crippen LogP contribution in [0.5, 0.6) is 0 Å². The molecule has 2 N–H and O–H groups in total. The molecule has 0 atom stereocenters. The number of anilines is 1. The summed E-state index contributed by atoms with van der Waals surface area (Å²) < 4.78 is 26.8. The van der Waals surface area contributed by atoms with Gasteiger partial charge < -0.3 is 5.32 Å². The van der Waals surface area contributed by atoms with Crippen LogP contribution in [0, 0.1) is 10.1 Å². The van der Waals surface area contributed by atoms with E-state index in [1.54, 1.807) is 6.92 Å². The Morgan fingerprint density at radius 1 is 1.30 bits per heavy atom. The summed E-state index contributed by atoms with van der Waals surface area (Å²) in [6.45, 7) is 4.57. The van der Waals surface area contributed by atoms with Crippen LogP contribution < -0.4 is 10.0 Å². The lowest BCUT2D eigenvalue weighted by atomic mass is 10.3. The van der Waals surface area contributed by atoms with Crippen LogP contribution >= 0.6 is 0 Å². The Hall–Kier alpha value is -1.67. The molecule has 0 saturated carbocycles. The molecule has 0 spiro atoms. The Morgan fingerprint density at radius 3 is 2.55 bits per heavy atom. The summed E-state index contributed by atoms with van der Waals surface area (Å²) in [5.41, 5.74) is 0.0964. The lowest BCUT2D eigenvalue weighted by Gasteiger charge is -2.12. The van der Waals surface area contributed by atoms with E-state index in [-0.39, 0.29) is 16.3 Å². The van der Waals surface area contributed by atoms with Gasteiger partial charge >= 0.3 is 0 Å². The van der Waals surface area contributed by atoms with Gasteiger partial charge in [0.15, 0.2) is 0 Å². The summed E-state index contributed by atoms with van der Waals surface area (Å²) in [5, 5.41) is 13.6. The maximum absolute atomic E-state index is 12.2. The second-order valence-electron chi connectivity index (χ2n) is 4.22. The van der Waals surface area contributed by atoms with E-state index >= 15 is 0 Å². The predicted octanol–water partition coefficient (Wildman–Crippen LogP) is 2.10. The SMILES string of the molecule is CCCCNS(=O)(=O)c1ccc([N+](=O)[O-])cc1NCC. The van der Waals surface area contributed by atoms with Crippen molar-refractivity contribution >= 4 is 21.4 Å². The molecule has 0 unspecified atom stereocenters. The number of non-ortho nitro benzene ring substituents is 1. The van der Waals surface area contributed by atoms with Crippen LogP contribution in [0.3, 0.4) is 0 Å². The highest BCUT2D eigenvalue weighted by molar-refractivity contribution is 7.89. The molecule has 0 heterocycles. The average molecular weight is 301 g/mol. The molecule has 0 amide bonds. The predicted molar refractivity (Wildman–Crippen MR) is 77.4 cm³/mol. The lowest BCUT2D eigenvalue weighted by Crippen LogP contribution is -2.25. The van der Waals surface area contributed by atoms with Gasteiger partial charge in [-0.1, -0.05) is 13.3 Å². The molecular weight excluding hydrogens is 282 g/mol. The van der Waals surface area contributed by atoms with Gasteiger partial charge in [0, 0.05) is 25.2 Å². The molecule has 0 bridgehead atoms. The minimum absolute atomic E-state index is 0.0288. The highest BCUT2D eigenvalue weighted by Gasteiger charge is 2.20. The van der Waals surface area contributed by atoms with E-state index in [1.807, 2.05) is 6.92 Å². The first-order valence-electron chi connectivity index (χ1n) is 6.44. The highest BCUT2D eigenvalue weighted by Crippen LogP contribution is 2.26. The van der Waals surface area contributed by atoms with Crippen molar-refractivity contribution in [2.24, 2.45) is 0 Å². The van der Waals surface area contributed by atoms with Gasteiger partial charge in [0.05, 0.1) is 10.6 Å². The molecular formula is C12H19N3O4S. The van der Waals surface area contributed by atoms with Gasteiger partial charge in [0.25, 0.3) is 5.69 Å². The third-order valence-corrected chi connectivity index (χ3v) is 4.17. The fourth-order valence-corrected chi connectivity index (χ4v) is 2.89. The Morgan fingerprint density at radius 2 is 2.00 bits per heavy atom. The first-order chi connectivity index (χ1) is 9.42. The van der Waals surface area contributed by atoms with Crippen LogP contribution in [-0.2, 0) is 10.0 Å². The Labute approximate surface area is 118 Å². The van der Waals surface area contributed by atoms with Crippen LogP contribution in [0.25, 0.3) is 0 Å². The Bertz CT molecular complexity index is 572. The monoisotopic (exact) mass is 301 g/mol. The Kier molecular flexibility index (Phi) is 5.90. The molecule has 8 heteroatoms. The van der Waals surface area contributed by atoms with Crippen molar-refractivity contribution in [2.45, 2.75) is 31.6 Å². The summed E-state index contributed by atoms with van der Waals surface area (Å²) in [4.78, 5) is 10.2. The number of hydrogen-bond acceptors (Lipinski definition) is 5. The number of unbranched alkanes of at least 4 members (excludes halogenated alkanes) is 1. The fourth-order valence-electron chi connectivity index (χ4n) is 1.66. The molecule has 112 valence electrons. The quantitative estimate of drug-likeness (QED) is 0.435. The van der Waals surface area contributed by atoms with Crippen molar-refractivity contribution < 1.29 is 13.3 Å². The van der Waals surface area contributed by atoms with Gasteiger partial charge in [-0.15, -0.1) is 0 Å². The van der Waals surface area contributed by atoms with E-state index in [0.29, 0.717) is 13.1 Å². The second-order valence-corrected chi connectivity index (χ2v) is 5.95. The topological polar surface area (TPSA) is 101 Å². The number of nitrogens with one attached hydrogen (secondary N) is 2. The van der Waals surface area contributed by atoms with Crippen LogP contribution in [0.15, 0.2) is 23.1 Å². The Balaban J connectivity index is 3.12. The highest BCUT2D eigenvalue weighted by atomic mass is 32.2. The largest absolute Gasteiger partial charge is 0.384 e. The number of nitro groups is 1. The molecule has 0 aliphatic heterocycles. The zero-order valence-corrected chi connectivity index (χ0v) is 12.4. The zero-order chi connectivity index (χ0) is 15.2. The molecule has 1 rings (SSSR count). The van der Waals surface area contributed by atoms with E-state index < -0.39 is 14.9 Å². The number of nitro benzene ring substituents is 1. The molecule has 0 saturated heterocycles. The number of sulfonamides is 1. The van der Waals surface area contributed by atoms with E-state index in [0.717, 1.165) is 12.8 Å². The molecule has 0 aromatic heterocycles. The van der Waals surface area contributed by atoms with E-state index in [1.165, 1.54) is 18.2 Å². The van der Waals surface area contributed by atoms with Gasteiger partial charge in [0.1, 0.15) is 4.90 Å². The van der Waals surface area contributed by atoms with Crippen LogP contribution in [-0.4, -0.2) is 26.4 Å². The van der Waals surface area contributed by atoms with E-state index in [4.69, 9.17) is 0 Å². The third-order valence-electron chi connectivity index (χ3n) is 2.65. The van der Waals surface area contributed by atoms with Crippen LogP contribution in [0.2, 0.25) is 0 Å². The normalized spacial score (nSPS) is 11.3. The van der Waals surface area contributed by atoms with Gasteiger partial charge in [-0.3, -0.25) is 10.1 Å². The minimum atomic E-state index is -3.66. The number of nitrogens with zero attached hydrogens (tertiary/aromatic N) is 1. The van der Waals surface area contributed by atoms with Gasteiger partial charge in [0.2, 0.25) is 10.0 Å². The molecule has 1 aromatic rings. The number of benzene rings is 1. The van der Waals surface area contributed by atoms with Crippen molar-refractivity contribution in [1.82, 2.24) is 4.72 Å². The fraction of sp³-hybridized carbons (Fsp3) is 0.500. The summed E-state index contributed by atoms with van der Waals surface area (Å²) in [6, 6.07) is 3.68. The molecule has 20 heavy (non-hydrogen) atoms. The van der Waals surface area contributed by atoms with Crippen molar-refractivity contribution in [1.29, 1.82) is 0 Å². The molecule has 0 radical (unpaired) electrons. The second kappa shape index (κ2) is 7.20. The van der Waals surface area contributed by atoms with Gasteiger partial charge in [-0.2, -0.15) is 0 Å². The summed E-state index contributed by atoms with van der Waals surface area (Å²) in [6.07, 6.45) is 1.62. The van der Waals surface area contributed by atoms with Gasteiger partial charge in [-0.25, -0.2) is 13.1 Å². The van der Waals surface area contributed by atoms with Gasteiger partial charge in [-0.05, 0) is 19.4 Å². The maximum atomic E-state index is 12.2. The number of rotatable bonds is 8. The van der Waals surface area contributed by atoms with Crippen molar-refractivity contribution in [2.75, 3.05) is 18.4 Å². The number of hydrogen-bond donors (Lipinski definition) is 2. The lowest BCUT2D eigenvalue weighted by molar-refractivity contribution is -0.384. The standard InChI is InChI=1S/C12H19N3O4S/c1-3-5-8-14-20(18,19)12-7-6-10(15(16)17)9-11(12)13-4-2/h6-7,9,13-14H,3-5,8H2,1-2H3. The zero-order valence-electron chi connectivity index (χ0n) is 11.5. The van der Waals surface area contributed by atoms with Crippen molar-refractivity contribution in [3.63, 3.8) is 0 Å². The van der Waals surface area contributed by atoms with E-state index in [2.05, 4.69) is 10.0 Å². The molecule has 0 aliphatic carbocycles. The average Bonchev–Trinajstić information content (AvgIpc) is 2.39. The minimum Gasteiger partial charge on any atom is -0.384 e. The first kappa shape index (κ1) is 16.4. The first-order valence-corrected chi connectivity index (χ1v) is 7.92. The molecule has 0 aliphatic rings. The molecule has 0 fully saturated rings. The molecule has 7 nitrogen and oxygen atoms in total. The summed E-state index contributed by atoms with van der Waals surface area (Å²) in [7, 11) is -3.66. The summed E-state index contributed by atoms with van der Waals surface area (Å²) in [5.74, 6) is 0. The summed E-state index contributed by atoms with van der Waals surface area (Å²) >= 11 is 0. The molecule has 1 aromatic carbocycles. The van der Waals surface area contributed by atoms with Crippen LogP contribution in [0.4, 0.5) is 11.4 Å². The third kappa shape index (κ3) is 4.17.